The first-order chi connectivity index (χ1) is 14.1. The number of carbonyl (C=O) groups is 1. The Morgan fingerprint density at radius 3 is 2.30 bits per heavy atom. The lowest BCUT2D eigenvalue weighted by atomic mass is 9.92. The van der Waals surface area contributed by atoms with Gasteiger partial charge in [0.05, 0.1) is 0 Å². The largest absolute Gasteiger partial charge is 0.333 e. The van der Waals surface area contributed by atoms with E-state index < -0.39 is 16.2 Å². The molecular formula is C21H33FN4O3S. The Bertz CT molecular complexity index is 859. The van der Waals surface area contributed by atoms with Crippen LogP contribution < -0.4 is 10.0 Å². The fourth-order valence-electron chi connectivity index (χ4n) is 4.37. The molecule has 2 fully saturated rings. The molecule has 7 nitrogen and oxygen atoms in total. The number of benzene rings is 1. The normalized spacial score (nSPS) is 21.0. The van der Waals surface area contributed by atoms with Gasteiger partial charge in [0.15, 0.2) is 0 Å². The number of piperazine rings is 1. The highest BCUT2D eigenvalue weighted by molar-refractivity contribution is 7.87. The second-order valence-corrected chi connectivity index (χ2v) is 10.5. The van der Waals surface area contributed by atoms with Crippen LogP contribution in [0.25, 0.3) is 0 Å². The van der Waals surface area contributed by atoms with Crippen molar-refractivity contribution in [3.05, 3.63) is 29.1 Å². The van der Waals surface area contributed by atoms with Crippen LogP contribution in [0.15, 0.2) is 12.1 Å². The number of anilines is 1. The minimum Gasteiger partial charge on any atom is -0.307 e. The molecule has 2 amide bonds. The monoisotopic (exact) mass is 440 g/mol. The average molecular weight is 441 g/mol. The summed E-state index contributed by atoms with van der Waals surface area (Å²) >= 11 is 0. The van der Waals surface area contributed by atoms with Crippen LogP contribution in [0.5, 0.6) is 0 Å². The Kier molecular flexibility index (Phi) is 7.04. The van der Waals surface area contributed by atoms with Crippen molar-refractivity contribution in [2.75, 3.05) is 31.5 Å². The van der Waals surface area contributed by atoms with E-state index in [-0.39, 0.29) is 23.7 Å². The maximum Gasteiger partial charge on any atom is 0.333 e. The van der Waals surface area contributed by atoms with Gasteiger partial charge in [-0.3, -0.25) is 4.90 Å². The highest BCUT2D eigenvalue weighted by Crippen LogP contribution is 2.33. The fraction of sp³-hybridized carbons (Fsp3) is 0.667. The third-order valence-corrected chi connectivity index (χ3v) is 7.46. The van der Waals surface area contributed by atoms with E-state index in [0.717, 1.165) is 25.8 Å². The van der Waals surface area contributed by atoms with Crippen molar-refractivity contribution in [2.24, 2.45) is 0 Å². The molecule has 1 atom stereocenters. The second kappa shape index (κ2) is 9.20. The van der Waals surface area contributed by atoms with E-state index in [9.17, 15) is 17.6 Å². The zero-order chi connectivity index (χ0) is 22.1. The highest BCUT2D eigenvalue weighted by Gasteiger charge is 2.35. The molecule has 2 aliphatic rings. The lowest BCUT2D eigenvalue weighted by molar-refractivity contribution is 0.0848. The molecule has 1 aromatic carbocycles. The molecule has 2 N–H and O–H groups in total. The molecule has 9 heteroatoms. The SMILES string of the molecule is CC(C)c1cc(F)cc(C(C)C)c1NC(=O)NS(=O)(=O)N1CCN2CCCCC2C1. The minimum absolute atomic E-state index is 0.0375. The number of fused-ring (bicyclic) bond motifs is 1. The number of amides is 2. The van der Waals surface area contributed by atoms with E-state index in [2.05, 4.69) is 14.9 Å². The van der Waals surface area contributed by atoms with E-state index >= 15 is 0 Å². The summed E-state index contributed by atoms with van der Waals surface area (Å²) in [6, 6.07) is 2.17. The number of carbonyl (C=O) groups excluding carboxylic acids is 1. The maximum atomic E-state index is 14.1. The molecule has 3 rings (SSSR count). The lowest BCUT2D eigenvalue weighted by Gasteiger charge is -2.43. The molecule has 30 heavy (non-hydrogen) atoms. The van der Waals surface area contributed by atoms with Crippen molar-refractivity contribution in [1.29, 1.82) is 0 Å². The van der Waals surface area contributed by atoms with Crippen LogP contribution >= 0.6 is 0 Å². The summed E-state index contributed by atoms with van der Waals surface area (Å²) in [5, 5.41) is 2.69. The molecule has 0 saturated carbocycles. The molecule has 1 unspecified atom stereocenters. The third-order valence-electron chi connectivity index (χ3n) is 6.01. The van der Waals surface area contributed by atoms with Crippen LogP contribution in [0.4, 0.5) is 14.9 Å². The van der Waals surface area contributed by atoms with Gasteiger partial charge in [0, 0.05) is 31.4 Å². The van der Waals surface area contributed by atoms with Gasteiger partial charge in [-0.25, -0.2) is 13.9 Å². The molecule has 0 radical (unpaired) electrons. The summed E-state index contributed by atoms with van der Waals surface area (Å²) in [7, 11) is -3.96. The van der Waals surface area contributed by atoms with Gasteiger partial charge < -0.3 is 5.32 Å². The van der Waals surface area contributed by atoms with E-state index in [1.54, 1.807) is 0 Å². The summed E-state index contributed by atoms with van der Waals surface area (Å²) in [6.45, 7) is 10.1. The summed E-state index contributed by atoms with van der Waals surface area (Å²) in [5.41, 5.74) is 1.76. The maximum absolute atomic E-state index is 14.1. The van der Waals surface area contributed by atoms with Gasteiger partial charge in [-0.15, -0.1) is 0 Å². The van der Waals surface area contributed by atoms with Crippen molar-refractivity contribution in [2.45, 2.75) is 64.8 Å². The van der Waals surface area contributed by atoms with Crippen molar-refractivity contribution in [1.82, 2.24) is 13.9 Å². The summed E-state index contributed by atoms with van der Waals surface area (Å²) in [4.78, 5) is 15.0. The zero-order valence-corrected chi connectivity index (χ0v) is 19.1. The third kappa shape index (κ3) is 5.12. The predicted octanol–water partition coefficient (Wildman–Crippen LogP) is 3.61. The minimum atomic E-state index is -3.96. The standard InChI is InChI=1S/C21H33FN4O3S/c1-14(2)18-11-16(22)12-19(15(3)4)20(18)23-21(27)24-30(28,29)26-10-9-25-8-6-5-7-17(25)13-26/h11-12,14-15,17H,5-10,13H2,1-4H3,(H2,23,24,27). The molecule has 2 heterocycles. The Labute approximate surface area is 179 Å². The molecule has 0 spiro atoms. The number of hydrogen-bond acceptors (Lipinski definition) is 4. The smallest absolute Gasteiger partial charge is 0.307 e. The van der Waals surface area contributed by atoms with E-state index in [1.807, 2.05) is 27.7 Å². The second-order valence-electron chi connectivity index (χ2n) is 8.87. The van der Waals surface area contributed by atoms with E-state index in [1.165, 1.54) is 16.4 Å². The predicted molar refractivity (Wildman–Crippen MR) is 116 cm³/mol. The molecule has 2 aliphatic heterocycles. The van der Waals surface area contributed by atoms with Crippen LogP contribution in [0.2, 0.25) is 0 Å². The number of nitrogens with zero attached hydrogens (tertiary/aromatic N) is 2. The molecule has 0 aromatic heterocycles. The van der Waals surface area contributed by atoms with E-state index in [4.69, 9.17) is 0 Å². The Morgan fingerprint density at radius 1 is 1.07 bits per heavy atom. The molecule has 0 bridgehead atoms. The number of halogens is 1. The molecule has 0 aliphatic carbocycles. The van der Waals surface area contributed by atoms with Gasteiger partial charge in [-0.2, -0.15) is 12.7 Å². The van der Waals surface area contributed by atoms with Crippen LogP contribution in [-0.4, -0.2) is 55.9 Å². The van der Waals surface area contributed by atoms with Gasteiger partial charge in [0.25, 0.3) is 0 Å². The van der Waals surface area contributed by atoms with Crippen LogP contribution in [0.1, 0.15) is 69.9 Å². The van der Waals surface area contributed by atoms with Crippen LogP contribution in [0, 0.1) is 5.82 Å². The first-order valence-corrected chi connectivity index (χ1v) is 12.2. The van der Waals surface area contributed by atoms with Crippen LogP contribution in [0.3, 0.4) is 0 Å². The average Bonchev–Trinajstić information content (AvgIpc) is 2.67. The first kappa shape index (κ1) is 23.0. The number of nitrogens with one attached hydrogen (secondary N) is 2. The Hall–Kier alpha value is -1.71. The summed E-state index contributed by atoms with van der Waals surface area (Å²) < 4.78 is 43.2. The summed E-state index contributed by atoms with van der Waals surface area (Å²) in [6.07, 6.45) is 3.23. The van der Waals surface area contributed by atoms with Gasteiger partial charge in [-0.1, -0.05) is 34.1 Å². The Balaban J connectivity index is 1.75. The molecule has 1 aromatic rings. The first-order valence-electron chi connectivity index (χ1n) is 10.7. The number of hydrogen-bond donors (Lipinski definition) is 2. The van der Waals surface area contributed by atoms with Gasteiger partial charge in [-0.05, 0) is 54.5 Å². The number of piperidine rings is 1. The quantitative estimate of drug-likeness (QED) is 0.733. The Morgan fingerprint density at radius 2 is 1.70 bits per heavy atom. The fourth-order valence-corrected chi connectivity index (χ4v) is 5.48. The lowest BCUT2D eigenvalue weighted by Crippen LogP contribution is -2.58. The molecule has 168 valence electrons. The van der Waals surface area contributed by atoms with Gasteiger partial charge >= 0.3 is 16.2 Å². The summed E-state index contributed by atoms with van der Waals surface area (Å²) in [5.74, 6) is -0.444. The van der Waals surface area contributed by atoms with Crippen molar-refractivity contribution >= 4 is 21.9 Å². The zero-order valence-electron chi connectivity index (χ0n) is 18.2. The van der Waals surface area contributed by atoms with Crippen molar-refractivity contribution < 1.29 is 17.6 Å². The number of rotatable bonds is 5. The van der Waals surface area contributed by atoms with Crippen molar-refractivity contribution in [3.63, 3.8) is 0 Å². The van der Waals surface area contributed by atoms with Crippen molar-refractivity contribution in [3.8, 4) is 0 Å². The van der Waals surface area contributed by atoms with Gasteiger partial charge in [0.2, 0.25) is 0 Å². The molecule has 2 saturated heterocycles. The number of urea groups is 1. The highest BCUT2D eigenvalue weighted by atomic mass is 32.2. The van der Waals surface area contributed by atoms with E-state index in [0.29, 0.717) is 36.4 Å². The van der Waals surface area contributed by atoms with Crippen LogP contribution in [-0.2, 0) is 10.2 Å². The molecular weight excluding hydrogens is 407 g/mol. The van der Waals surface area contributed by atoms with Gasteiger partial charge in [0.1, 0.15) is 5.82 Å². The topological polar surface area (TPSA) is 81.8 Å².